The van der Waals surface area contributed by atoms with Gasteiger partial charge in [-0.1, -0.05) is 36.4 Å². The van der Waals surface area contributed by atoms with Crippen molar-refractivity contribution in [2.45, 2.75) is 19.1 Å². The van der Waals surface area contributed by atoms with E-state index >= 15 is 0 Å². The summed E-state index contributed by atoms with van der Waals surface area (Å²) in [5.74, 6) is -0.148. The number of carbonyl (C=O) groups excluding carboxylic acids is 1. The second-order valence-electron chi connectivity index (χ2n) is 6.62. The molecule has 0 bridgehead atoms. The van der Waals surface area contributed by atoms with E-state index in [2.05, 4.69) is 5.32 Å². The van der Waals surface area contributed by atoms with Gasteiger partial charge in [0, 0.05) is 37.3 Å². The molecule has 0 aliphatic carbocycles. The van der Waals surface area contributed by atoms with Crippen LogP contribution in [0.2, 0.25) is 0 Å². The number of halogens is 3. The smallest absolute Gasteiger partial charge is 0.324 e. The number of hydrogen-bond donors (Lipinski definition) is 1. The SMILES string of the molecule is CC(C(=O)Nc1cccc2ccccc12)N1CCN(CC(F)(F)F)CC1. The molecule has 1 aliphatic heterocycles. The van der Waals surface area contributed by atoms with E-state index in [-0.39, 0.29) is 5.91 Å². The number of benzene rings is 2. The number of nitrogens with one attached hydrogen (secondary N) is 1. The van der Waals surface area contributed by atoms with Crippen LogP contribution in [0.15, 0.2) is 42.5 Å². The van der Waals surface area contributed by atoms with Crippen LogP contribution in [0.3, 0.4) is 0 Å². The molecule has 0 aromatic heterocycles. The molecular formula is C19H22F3N3O. The van der Waals surface area contributed by atoms with Crippen LogP contribution in [0, 0.1) is 0 Å². The van der Waals surface area contributed by atoms with Crippen LogP contribution in [-0.2, 0) is 4.79 Å². The molecule has 0 radical (unpaired) electrons. The van der Waals surface area contributed by atoms with E-state index in [9.17, 15) is 18.0 Å². The van der Waals surface area contributed by atoms with Crippen LogP contribution in [0.5, 0.6) is 0 Å². The third-order valence-corrected chi connectivity index (χ3v) is 4.78. The molecule has 2 aromatic rings. The van der Waals surface area contributed by atoms with E-state index in [4.69, 9.17) is 0 Å². The second-order valence-corrected chi connectivity index (χ2v) is 6.62. The summed E-state index contributed by atoms with van der Waals surface area (Å²) in [7, 11) is 0. The maximum atomic E-state index is 12.6. The van der Waals surface area contributed by atoms with Crippen LogP contribution >= 0.6 is 0 Å². The summed E-state index contributed by atoms with van der Waals surface area (Å²) in [5, 5.41) is 4.96. The fourth-order valence-electron chi connectivity index (χ4n) is 3.30. The lowest BCUT2D eigenvalue weighted by atomic mass is 10.1. The lowest BCUT2D eigenvalue weighted by Crippen LogP contribution is -2.54. The first-order chi connectivity index (χ1) is 12.3. The zero-order valence-corrected chi connectivity index (χ0v) is 14.6. The molecule has 1 heterocycles. The predicted molar refractivity (Wildman–Crippen MR) is 96.1 cm³/mol. The zero-order valence-electron chi connectivity index (χ0n) is 14.6. The summed E-state index contributed by atoms with van der Waals surface area (Å²) in [6.07, 6.45) is -4.18. The first-order valence-corrected chi connectivity index (χ1v) is 8.65. The summed E-state index contributed by atoms with van der Waals surface area (Å²) >= 11 is 0. The summed E-state index contributed by atoms with van der Waals surface area (Å²) < 4.78 is 37.4. The number of nitrogens with zero attached hydrogens (tertiary/aromatic N) is 2. The van der Waals surface area contributed by atoms with E-state index < -0.39 is 18.8 Å². The van der Waals surface area contributed by atoms with Crippen molar-refractivity contribution in [1.29, 1.82) is 0 Å². The molecule has 0 saturated carbocycles. The minimum Gasteiger partial charge on any atom is -0.324 e. The number of amides is 1. The van der Waals surface area contributed by atoms with E-state index in [1.54, 1.807) is 6.92 Å². The molecule has 3 rings (SSSR count). The lowest BCUT2D eigenvalue weighted by Gasteiger charge is -2.37. The van der Waals surface area contributed by atoms with Crippen LogP contribution < -0.4 is 5.32 Å². The van der Waals surface area contributed by atoms with Crippen molar-refractivity contribution in [3.63, 3.8) is 0 Å². The Morgan fingerprint density at radius 2 is 1.73 bits per heavy atom. The van der Waals surface area contributed by atoms with Crippen molar-refractivity contribution in [3.05, 3.63) is 42.5 Å². The Kier molecular flexibility index (Phi) is 5.48. The quantitative estimate of drug-likeness (QED) is 0.903. The van der Waals surface area contributed by atoms with Gasteiger partial charge in [0.1, 0.15) is 0 Å². The highest BCUT2D eigenvalue weighted by Crippen LogP contribution is 2.23. The number of rotatable bonds is 4. The molecule has 26 heavy (non-hydrogen) atoms. The fraction of sp³-hybridized carbons (Fsp3) is 0.421. The van der Waals surface area contributed by atoms with Crippen molar-refractivity contribution in [2.75, 3.05) is 38.0 Å². The fourth-order valence-corrected chi connectivity index (χ4v) is 3.30. The van der Waals surface area contributed by atoms with E-state index in [1.807, 2.05) is 47.4 Å². The van der Waals surface area contributed by atoms with Crippen LogP contribution in [0.4, 0.5) is 18.9 Å². The van der Waals surface area contributed by atoms with Gasteiger partial charge in [-0.05, 0) is 18.4 Å². The molecule has 1 atom stereocenters. The molecule has 4 nitrogen and oxygen atoms in total. The van der Waals surface area contributed by atoms with Gasteiger partial charge in [0.15, 0.2) is 0 Å². The molecule has 1 saturated heterocycles. The Morgan fingerprint density at radius 3 is 2.42 bits per heavy atom. The lowest BCUT2D eigenvalue weighted by molar-refractivity contribution is -0.150. The van der Waals surface area contributed by atoms with Gasteiger partial charge in [-0.2, -0.15) is 13.2 Å². The Morgan fingerprint density at radius 1 is 1.08 bits per heavy atom. The minimum atomic E-state index is -4.18. The Hall–Kier alpha value is -2.12. The Balaban J connectivity index is 1.60. The molecule has 2 aromatic carbocycles. The molecule has 7 heteroatoms. The summed E-state index contributed by atoms with van der Waals surface area (Å²) in [5.41, 5.74) is 0.746. The highest BCUT2D eigenvalue weighted by Gasteiger charge is 2.33. The van der Waals surface area contributed by atoms with Crippen molar-refractivity contribution in [1.82, 2.24) is 9.80 Å². The molecule has 1 aliphatic rings. The zero-order chi connectivity index (χ0) is 18.7. The first-order valence-electron chi connectivity index (χ1n) is 8.65. The molecule has 1 unspecified atom stereocenters. The van der Waals surface area contributed by atoms with Crippen molar-refractivity contribution in [3.8, 4) is 0 Å². The van der Waals surface area contributed by atoms with Gasteiger partial charge in [0.25, 0.3) is 0 Å². The van der Waals surface area contributed by atoms with E-state index in [0.717, 1.165) is 16.5 Å². The number of fused-ring (bicyclic) bond motifs is 1. The van der Waals surface area contributed by atoms with Crippen molar-refractivity contribution >= 4 is 22.4 Å². The third kappa shape index (κ3) is 4.53. The van der Waals surface area contributed by atoms with Crippen molar-refractivity contribution in [2.24, 2.45) is 0 Å². The summed E-state index contributed by atoms with van der Waals surface area (Å²) in [4.78, 5) is 15.9. The molecular weight excluding hydrogens is 343 g/mol. The highest BCUT2D eigenvalue weighted by atomic mass is 19.4. The average Bonchev–Trinajstić information content (AvgIpc) is 2.61. The number of anilines is 1. The monoisotopic (exact) mass is 365 g/mol. The Bertz CT molecular complexity index is 765. The number of carbonyl (C=O) groups is 1. The maximum Gasteiger partial charge on any atom is 0.401 e. The Labute approximate surface area is 150 Å². The molecule has 0 spiro atoms. The normalized spacial score (nSPS) is 18.0. The minimum absolute atomic E-state index is 0.148. The topological polar surface area (TPSA) is 35.6 Å². The molecule has 1 N–H and O–H groups in total. The molecule has 1 fully saturated rings. The summed E-state index contributed by atoms with van der Waals surface area (Å²) in [6, 6.07) is 13.1. The number of alkyl halides is 3. The highest BCUT2D eigenvalue weighted by molar-refractivity contribution is 6.03. The first kappa shape index (κ1) is 18.7. The maximum absolute atomic E-state index is 12.6. The van der Waals surface area contributed by atoms with Gasteiger partial charge < -0.3 is 5.32 Å². The van der Waals surface area contributed by atoms with Gasteiger partial charge in [-0.15, -0.1) is 0 Å². The van der Waals surface area contributed by atoms with Crippen LogP contribution in [0.1, 0.15) is 6.92 Å². The summed E-state index contributed by atoms with van der Waals surface area (Å²) in [6.45, 7) is 2.41. The standard InChI is InChI=1S/C19H22F3N3O/c1-14(25-11-9-24(10-12-25)13-19(20,21)22)18(26)23-17-8-4-6-15-5-2-3-7-16(15)17/h2-8,14H,9-13H2,1H3,(H,23,26). The van der Waals surface area contributed by atoms with E-state index in [0.29, 0.717) is 26.2 Å². The second kappa shape index (κ2) is 7.63. The van der Waals surface area contributed by atoms with Gasteiger partial charge in [-0.3, -0.25) is 14.6 Å². The molecule has 1 amide bonds. The molecule has 140 valence electrons. The largest absolute Gasteiger partial charge is 0.401 e. The number of hydrogen-bond acceptors (Lipinski definition) is 3. The van der Waals surface area contributed by atoms with E-state index in [1.165, 1.54) is 4.90 Å². The predicted octanol–water partition coefficient (Wildman–Crippen LogP) is 3.35. The van der Waals surface area contributed by atoms with Gasteiger partial charge in [0.2, 0.25) is 5.91 Å². The van der Waals surface area contributed by atoms with Gasteiger partial charge in [0.05, 0.1) is 12.6 Å². The van der Waals surface area contributed by atoms with Gasteiger partial charge in [-0.25, -0.2) is 0 Å². The van der Waals surface area contributed by atoms with Crippen LogP contribution in [0.25, 0.3) is 10.8 Å². The van der Waals surface area contributed by atoms with Crippen molar-refractivity contribution < 1.29 is 18.0 Å². The average molecular weight is 365 g/mol. The van der Waals surface area contributed by atoms with Crippen LogP contribution in [-0.4, -0.2) is 60.6 Å². The number of piperazine rings is 1. The third-order valence-electron chi connectivity index (χ3n) is 4.78. The van der Waals surface area contributed by atoms with Gasteiger partial charge >= 0.3 is 6.18 Å².